The van der Waals surface area contributed by atoms with Crippen LogP contribution < -0.4 is 11.1 Å². The fourth-order valence-corrected chi connectivity index (χ4v) is 3.76. The minimum absolute atomic E-state index is 0.402. The average Bonchev–Trinajstić information content (AvgIpc) is 2.65. The highest BCUT2D eigenvalue weighted by Crippen LogP contribution is 2.22. The van der Waals surface area contributed by atoms with E-state index in [1.807, 2.05) is 0 Å². The molecule has 0 aromatic carbocycles. The zero-order valence-corrected chi connectivity index (χ0v) is 15.5. The summed E-state index contributed by atoms with van der Waals surface area (Å²) in [5.41, 5.74) is 5.05. The van der Waals surface area contributed by atoms with Gasteiger partial charge in [0.1, 0.15) is 0 Å². The second-order valence-corrected chi connectivity index (χ2v) is 13.2. The summed E-state index contributed by atoms with van der Waals surface area (Å²) in [6.45, 7) is 10.4. The van der Waals surface area contributed by atoms with E-state index in [4.69, 9.17) is 15.2 Å². The number of nitrogens with two attached hydrogens (primary N) is 1. The summed E-state index contributed by atoms with van der Waals surface area (Å²) in [4.78, 5) is 10.7. The van der Waals surface area contributed by atoms with E-state index in [0.29, 0.717) is 18.6 Å². The van der Waals surface area contributed by atoms with Crippen LogP contribution in [0.4, 0.5) is 4.79 Å². The lowest BCUT2D eigenvalue weighted by Crippen LogP contribution is -2.36. The molecule has 0 aromatic rings. The molecule has 22 heavy (non-hydrogen) atoms. The van der Waals surface area contributed by atoms with Crippen LogP contribution in [-0.2, 0) is 9.47 Å². The molecule has 0 radical (unpaired) electrons. The Labute approximate surface area is 136 Å². The van der Waals surface area contributed by atoms with Crippen LogP contribution in [0.3, 0.4) is 0 Å². The number of carbonyl (C=O) groups is 1. The number of primary amides is 1. The van der Waals surface area contributed by atoms with Crippen molar-refractivity contribution in [3.63, 3.8) is 0 Å². The first-order valence-electron chi connectivity index (χ1n) is 8.60. The molecule has 0 bridgehead atoms. The first-order valence-corrected chi connectivity index (χ1v) is 12.3. The van der Waals surface area contributed by atoms with Gasteiger partial charge in [-0.15, -0.1) is 0 Å². The van der Waals surface area contributed by atoms with Crippen molar-refractivity contribution in [3.05, 3.63) is 0 Å². The topological polar surface area (TPSA) is 73.6 Å². The van der Waals surface area contributed by atoms with Crippen LogP contribution in [0, 0.1) is 5.92 Å². The van der Waals surface area contributed by atoms with Gasteiger partial charge in [-0.2, -0.15) is 0 Å². The van der Waals surface area contributed by atoms with Crippen molar-refractivity contribution in [1.29, 1.82) is 0 Å². The standard InChI is InChI=1S/C16H34N2O3Si/c1-22(2,3)12-8-18-15(7-11-21-16(17)19)13-14-5-4-9-20-10-6-14/h14-15,18H,4-13H2,1-3H3,(H2,17,19)/t14-,15-/m1/s1. The van der Waals surface area contributed by atoms with E-state index in [9.17, 15) is 4.79 Å². The van der Waals surface area contributed by atoms with Crippen molar-refractivity contribution in [2.45, 2.75) is 63.8 Å². The van der Waals surface area contributed by atoms with Gasteiger partial charge in [-0.3, -0.25) is 0 Å². The molecule has 1 rings (SSSR count). The number of carbonyl (C=O) groups excluding carboxylic acids is 1. The third-order valence-corrected chi connectivity index (χ3v) is 5.96. The fraction of sp³-hybridized carbons (Fsp3) is 0.938. The van der Waals surface area contributed by atoms with Crippen molar-refractivity contribution in [3.8, 4) is 0 Å². The van der Waals surface area contributed by atoms with Crippen LogP contribution in [0.25, 0.3) is 0 Å². The fourth-order valence-electron chi connectivity index (χ4n) is 2.86. The van der Waals surface area contributed by atoms with E-state index >= 15 is 0 Å². The summed E-state index contributed by atoms with van der Waals surface area (Å²) >= 11 is 0. The van der Waals surface area contributed by atoms with Gasteiger partial charge in [0.15, 0.2) is 0 Å². The van der Waals surface area contributed by atoms with Gasteiger partial charge in [0.05, 0.1) is 6.61 Å². The van der Waals surface area contributed by atoms with Crippen LogP contribution in [-0.4, -0.2) is 46.6 Å². The van der Waals surface area contributed by atoms with Gasteiger partial charge in [-0.05, 0) is 50.6 Å². The molecule has 0 unspecified atom stereocenters. The highest BCUT2D eigenvalue weighted by atomic mass is 28.3. The van der Waals surface area contributed by atoms with E-state index in [1.165, 1.54) is 12.5 Å². The molecule has 1 fully saturated rings. The number of hydrogen-bond donors (Lipinski definition) is 2. The molecule has 6 heteroatoms. The van der Waals surface area contributed by atoms with Gasteiger partial charge >= 0.3 is 6.09 Å². The van der Waals surface area contributed by atoms with Crippen LogP contribution in [0.1, 0.15) is 32.1 Å². The van der Waals surface area contributed by atoms with Crippen molar-refractivity contribution in [2.75, 3.05) is 26.4 Å². The van der Waals surface area contributed by atoms with Crippen LogP contribution in [0.2, 0.25) is 25.7 Å². The molecule has 0 aliphatic carbocycles. The van der Waals surface area contributed by atoms with Crippen molar-refractivity contribution in [2.24, 2.45) is 11.7 Å². The number of amides is 1. The Kier molecular flexibility index (Phi) is 9.05. The lowest BCUT2D eigenvalue weighted by molar-refractivity contribution is 0.138. The summed E-state index contributed by atoms with van der Waals surface area (Å²) in [5, 5.41) is 3.68. The molecule has 3 N–H and O–H groups in total. The highest BCUT2D eigenvalue weighted by molar-refractivity contribution is 6.76. The molecular formula is C16H34N2O3Si. The molecule has 0 aromatic heterocycles. The predicted octanol–water partition coefficient (Wildman–Crippen LogP) is 2.98. The molecule has 1 aliphatic rings. The molecule has 1 heterocycles. The normalized spacial score (nSPS) is 21.1. The second kappa shape index (κ2) is 10.2. The Hall–Kier alpha value is -0.593. The molecule has 0 spiro atoms. The molecule has 1 aliphatic heterocycles. The number of hydrogen-bond acceptors (Lipinski definition) is 4. The summed E-state index contributed by atoms with van der Waals surface area (Å²) in [5.74, 6) is 0.709. The van der Waals surface area contributed by atoms with E-state index in [1.54, 1.807) is 0 Å². The lowest BCUT2D eigenvalue weighted by atomic mass is 9.91. The SMILES string of the molecule is C[Si](C)(C)CCN[C@H](CCOC(N)=O)C[C@@H]1CCCOCC1. The maximum absolute atomic E-state index is 10.7. The third kappa shape index (κ3) is 10.2. The predicted molar refractivity (Wildman–Crippen MR) is 92.9 cm³/mol. The summed E-state index contributed by atoms with van der Waals surface area (Å²) in [6.07, 6.45) is 4.84. The van der Waals surface area contributed by atoms with Gasteiger partial charge in [-0.1, -0.05) is 19.6 Å². The summed E-state index contributed by atoms with van der Waals surface area (Å²) < 4.78 is 10.5. The average molecular weight is 331 g/mol. The van der Waals surface area contributed by atoms with Gasteiger partial charge in [0.25, 0.3) is 0 Å². The zero-order chi connectivity index (χ0) is 16.4. The number of nitrogens with one attached hydrogen (secondary N) is 1. The molecular weight excluding hydrogens is 296 g/mol. The first kappa shape index (κ1) is 19.5. The molecule has 5 nitrogen and oxygen atoms in total. The van der Waals surface area contributed by atoms with Gasteiger partial charge in [0.2, 0.25) is 0 Å². The van der Waals surface area contributed by atoms with E-state index in [0.717, 1.165) is 45.4 Å². The molecule has 0 saturated carbocycles. The zero-order valence-electron chi connectivity index (χ0n) is 14.5. The maximum Gasteiger partial charge on any atom is 0.404 e. The van der Waals surface area contributed by atoms with Gasteiger partial charge in [-0.25, -0.2) is 4.79 Å². The van der Waals surface area contributed by atoms with Crippen molar-refractivity contribution < 1.29 is 14.3 Å². The van der Waals surface area contributed by atoms with Crippen LogP contribution in [0.15, 0.2) is 0 Å². The van der Waals surface area contributed by atoms with Crippen molar-refractivity contribution in [1.82, 2.24) is 5.32 Å². The highest BCUT2D eigenvalue weighted by Gasteiger charge is 2.20. The molecule has 2 atom stereocenters. The summed E-state index contributed by atoms with van der Waals surface area (Å²) in [6, 6.07) is 1.67. The monoisotopic (exact) mass is 330 g/mol. The van der Waals surface area contributed by atoms with E-state index < -0.39 is 14.2 Å². The van der Waals surface area contributed by atoms with Crippen molar-refractivity contribution >= 4 is 14.2 Å². The largest absolute Gasteiger partial charge is 0.450 e. The number of rotatable bonds is 9. The second-order valence-electron chi connectivity index (χ2n) is 7.56. The lowest BCUT2D eigenvalue weighted by Gasteiger charge is -2.25. The first-order chi connectivity index (χ1) is 10.4. The third-order valence-electron chi connectivity index (χ3n) is 4.21. The maximum atomic E-state index is 10.7. The summed E-state index contributed by atoms with van der Waals surface area (Å²) in [7, 11) is -1.02. The Morgan fingerprint density at radius 1 is 1.36 bits per heavy atom. The Morgan fingerprint density at radius 3 is 2.82 bits per heavy atom. The number of ether oxygens (including phenoxy) is 2. The van der Waals surface area contributed by atoms with Gasteiger partial charge in [0, 0.05) is 27.3 Å². The Balaban J connectivity index is 2.39. The van der Waals surface area contributed by atoms with E-state index in [-0.39, 0.29) is 0 Å². The Morgan fingerprint density at radius 2 is 2.14 bits per heavy atom. The minimum atomic E-state index is -1.02. The quantitative estimate of drug-likeness (QED) is 0.637. The van der Waals surface area contributed by atoms with Gasteiger partial charge < -0.3 is 20.5 Å². The van der Waals surface area contributed by atoms with Crippen LogP contribution >= 0.6 is 0 Å². The Bertz CT molecular complexity index is 313. The minimum Gasteiger partial charge on any atom is -0.450 e. The smallest absolute Gasteiger partial charge is 0.404 e. The molecule has 130 valence electrons. The molecule has 1 amide bonds. The molecule has 1 saturated heterocycles. The van der Waals surface area contributed by atoms with E-state index in [2.05, 4.69) is 25.0 Å². The van der Waals surface area contributed by atoms with Crippen LogP contribution in [0.5, 0.6) is 0 Å².